The minimum atomic E-state index is -3.67. The molecule has 0 spiro atoms. The Labute approximate surface area is 205 Å². The molecule has 0 heterocycles. The molecule has 0 aliphatic heterocycles. The lowest BCUT2D eigenvalue weighted by atomic mass is 9.63. The smallest absolute Gasteiger partial charge is 0.211 e. The first-order valence-electron chi connectivity index (χ1n) is 12.0. The van der Waals surface area contributed by atoms with Crippen LogP contribution in [0.5, 0.6) is 0 Å². The summed E-state index contributed by atoms with van der Waals surface area (Å²) in [5, 5.41) is 0. The zero-order valence-corrected chi connectivity index (χ0v) is 22.5. The van der Waals surface area contributed by atoms with Crippen molar-refractivity contribution in [1.29, 1.82) is 0 Å². The molecule has 0 amide bonds. The van der Waals surface area contributed by atoms with E-state index in [4.69, 9.17) is 0 Å². The van der Waals surface area contributed by atoms with Gasteiger partial charge in [0.15, 0.2) is 0 Å². The van der Waals surface area contributed by atoms with E-state index in [1.165, 1.54) is 0 Å². The number of rotatable bonds is 9. The van der Waals surface area contributed by atoms with Gasteiger partial charge in [-0.15, -0.1) is 0 Å². The summed E-state index contributed by atoms with van der Waals surface area (Å²) < 4.78 is 57.6. The molecule has 1 saturated carbocycles. The third-order valence-electron chi connectivity index (χ3n) is 6.74. The standard InChI is InChI=1S/C26H38N2O4S2/c1-6-20-8-12-23(13-9-20)33(29,30)27-19-26(5)17-22(16-25(3,4)18-26)28-34(31,32)24-14-10-21(7-2)11-15-24/h8-15,22,27-28H,6-7,16-19H2,1-5H3/t22-,26-/m0/s1. The van der Waals surface area contributed by atoms with E-state index in [9.17, 15) is 16.8 Å². The van der Waals surface area contributed by atoms with Crippen LogP contribution in [0.25, 0.3) is 0 Å². The summed E-state index contributed by atoms with van der Waals surface area (Å²) in [4.78, 5) is 0.502. The van der Waals surface area contributed by atoms with Gasteiger partial charge in [-0.2, -0.15) is 0 Å². The highest BCUT2D eigenvalue weighted by Gasteiger charge is 2.43. The Kier molecular flexibility index (Phi) is 7.97. The first-order chi connectivity index (χ1) is 15.8. The summed E-state index contributed by atoms with van der Waals surface area (Å²) in [5.74, 6) is 0. The first kappa shape index (κ1) is 26.9. The van der Waals surface area contributed by atoms with Crippen LogP contribution in [0.4, 0.5) is 0 Å². The molecular weight excluding hydrogens is 468 g/mol. The second kappa shape index (κ2) is 10.1. The molecule has 0 radical (unpaired) electrons. The molecule has 2 N–H and O–H groups in total. The zero-order chi connectivity index (χ0) is 25.2. The van der Waals surface area contributed by atoms with Gasteiger partial charge in [0.25, 0.3) is 0 Å². The monoisotopic (exact) mass is 506 g/mol. The van der Waals surface area contributed by atoms with Crippen molar-refractivity contribution in [3.63, 3.8) is 0 Å². The van der Waals surface area contributed by atoms with Crippen molar-refractivity contribution in [3.05, 3.63) is 59.7 Å². The molecule has 0 unspecified atom stereocenters. The van der Waals surface area contributed by atoms with Crippen LogP contribution in [-0.4, -0.2) is 29.4 Å². The molecule has 2 aromatic carbocycles. The highest BCUT2D eigenvalue weighted by molar-refractivity contribution is 7.89. The third-order valence-corrected chi connectivity index (χ3v) is 9.69. The average molecular weight is 507 g/mol. The molecule has 188 valence electrons. The van der Waals surface area contributed by atoms with Crippen LogP contribution in [0.15, 0.2) is 58.3 Å². The van der Waals surface area contributed by atoms with Crippen LogP contribution in [-0.2, 0) is 32.9 Å². The first-order valence-corrected chi connectivity index (χ1v) is 14.9. The summed E-state index contributed by atoms with van der Waals surface area (Å²) in [7, 11) is -7.32. The van der Waals surface area contributed by atoms with Crippen molar-refractivity contribution >= 4 is 20.0 Å². The molecule has 1 fully saturated rings. The van der Waals surface area contributed by atoms with Crippen LogP contribution in [0.3, 0.4) is 0 Å². The Morgan fingerprint density at radius 3 is 1.71 bits per heavy atom. The van der Waals surface area contributed by atoms with Crippen LogP contribution in [0.1, 0.15) is 65.0 Å². The van der Waals surface area contributed by atoms with Crippen molar-refractivity contribution in [1.82, 2.24) is 9.44 Å². The average Bonchev–Trinajstić information content (AvgIpc) is 2.76. The molecule has 8 heteroatoms. The van der Waals surface area contributed by atoms with Crippen LogP contribution < -0.4 is 9.44 Å². The van der Waals surface area contributed by atoms with Crippen LogP contribution >= 0.6 is 0 Å². The quantitative estimate of drug-likeness (QED) is 0.518. The Morgan fingerprint density at radius 2 is 1.24 bits per heavy atom. The van der Waals surface area contributed by atoms with E-state index in [1.807, 2.05) is 45.0 Å². The largest absolute Gasteiger partial charge is 0.240 e. The van der Waals surface area contributed by atoms with Crippen LogP contribution in [0, 0.1) is 10.8 Å². The molecule has 2 atom stereocenters. The maximum Gasteiger partial charge on any atom is 0.240 e. The SMILES string of the molecule is CCc1ccc(S(=O)(=O)NC[C@@]2(C)C[C@@H](NS(=O)(=O)c3ccc(CC)cc3)CC(C)(C)C2)cc1. The van der Waals surface area contributed by atoms with Crippen molar-refractivity contribution < 1.29 is 16.8 Å². The molecule has 3 rings (SSSR count). The maximum atomic E-state index is 13.1. The topological polar surface area (TPSA) is 92.3 Å². The number of aryl methyl sites for hydroxylation is 2. The predicted molar refractivity (Wildman–Crippen MR) is 137 cm³/mol. The second-order valence-corrected chi connectivity index (χ2v) is 14.2. The third kappa shape index (κ3) is 6.68. The Hall–Kier alpha value is -1.74. The molecule has 0 bridgehead atoms. The van der Waals surface area contributed by atoms with E-state index in [0.717, 1.165) is 30.4 Å². The van der Waals surface area contributed by atoms with Crippen molar-refractivity contribution in [2.75, 3.05) is 6.54 Å². The molecule has 0 aromatic heterocycles. The molecule has 2 aromatic rings. The number of sulfonamides is 2. The number of hydrogen-bond donors (Lipinski definition) is 2. The van der Waals surface area contributed by atoms with Gasteiger partial charge in [-0.05, 0) is 78.3 Å². The molecule has 1 aliphatic carbocycles. The Bertz CT molecular complexity index is 1190. The van der Waals surface area contributed by atoms with E-state index in [0.29, 0.717) is 12.8 Å². The highest BCUT2D eigenvalue weighted by atomic mass is 32.2. The van der Waals surface area contributed by atoms with Gasteiger partial charge in [0, 0.05) is 12.6 Å². The van der Waals surface area contributed by atoms with Gasteiger partial charge in [-0.3, -0.25) is 0 Å². The maximum absolute atomic E-state index is 13.1. The lowest BCUT2D eigenvalue weighted by Gasteiger charge is -2.46. The zero-order valence-electron chi connectivity index (χ0n) is 20.9. The minimum absolute atomic E-state index is 0.138. The van der Waals surface area contributed by atoms with Gasteiger partial charge in [0.2, 0.25) is 20.0 Å². The summed E-state index contributed by atoms with van der Waals surface area (Å²) in [6.07, 6.45) is 3.74. The molecule has 1 aliphatic rings. The molecule has 6 nitrogen and oxygen atoms in total. The summed E-state index contributed by atoms with van der Waals surface area (Å²) in [5.41, 5.74) is 1.64. The number of nitrogens with one attached hydrogen (secondary N) is 2. The predicted octanol–water partition coefficient (Wildman–Crippen LogP) is 4.65. The van der Waals surface area contributed by atoms with E-state index in [-0.39, 0.29) is 27.8 Å². The highest BCUT2D eigenvalue weighted by Crippen LogP contribution is 2.46. The number of hydrogen-bond acceptors (Lipinski definition) is 4. The van der Waals surface area contributed by atoms with Gasteiger partial charge in [-0.25, -0.2) is 26.3 Å². The van der Waals surface area contributed by atoms with Crippen molar-refractivity contribution in [2.45, 2.75) is 82.6 Å². The molecular formula is C26H38N2O4S2. The fourth-order valence-electron chi connectivity index (χ4n) is 5.30. The van der Waals surface area contributed by atoms with E-state index < -0.39 is 25.5 Å². The fraction of sp³-hybridized carbons (Fsp3) is 0.538. The lowest BCUT2D eigenvalue weighted by molar-refractivity contribution is 0.0821. The van der Waals surface area contributed by atoms with Gasteiger partial charge in [0.05, 0.1) is 9.79 Å². The summed E-state index contributed by atoms with van der Waals surface area (Å²) in [6.45, 7) is 10.6. The fourth-order valence-corrected chi connectivity index (χ4v) is 7.74. The van der Waals surface area contributed by atoms with Crippen molar-refractivity contribution in [2.24, 2.45) is 10.8 Å². The van der Waals surface area contributed by atoms with Crippen LogP contribution in [0.2, 0.25) is 0 Å². The molecule has 0 saturated heterocycles. The number of benzene rings is 2. The Balaban J connectivity index is 1.73. The van der Waals surface area contributed by atoms with Gasteiger partial charge in [0.1, 0.15) is 0 Å². The lowest BCUT2D eigenvalue weighted by Crippen LogP contribution is -2.50. The van der Waals surface area contributed by atoms with E-state index in [1.54, 1.807) is 24.3 Å². The molecule has 34 heavy (non-hydrogen) atoms. The summed E-state index contributed by atoms with van der Waals surface area (Å²) >= 11 is 0. The van der Waals surface area contributed by atoms with E-state index >= 15 is 0 Å². The van der Waals surface area contributed by atoms with Crippen molar-refractivity contribution in [3.8, 4) is 0 Å². The second-order valence-electron chi connectivity index (χ2n) is 10.7. The van der Waals surface area contributed by atoms with Gasteiger partial charge >= 0.3 is 0 Å². The minimum Gasteiger partial charge on any atom is -0.211 e. The normalized spacial score (nSPS) is 23.0. The van der Waals surface area contributed by atoms with Gasteiger partial charge in [-0.1, -0.05) is 58.9 Å². The Morgan fingerprint density at radius 1 is 0.765 bits per heavy atom. The van der Waals surface area contributed by atoms with E-state index in [2.05, 4.69) is 23.3 Å². The summed E-state index contributed by atoms with van der Waals surface area (Å²) in [6, 6.07) is 13.6. The van der Waals surface area contributed by atoms with Gasteiger partial charge < -0.3 is 0 Å².